The van der Waals surface area contributed by atoms with Gasteiger partial charge in [-0.05, 0) is 43.7 Å². The normalized spacial score (nSPS) is 11.3. The van der Waals surface area contributed by atoms with Crippen molar-refractivity contribution in [1.29, 1.82) is 5.26 Å². The summed E-state index contributed by atoms with van der Waals surface area (Å²) in [5.74, 6) is 0.768. The number of aromatic nitrogens is 1. The first-order valence-corrected chi connectivity index (χ1v) is 10.3. The van der Waals surface area contributed by atoms with Gasteiger partial charge in [0.25, 0.3) is 0 Å². The number of fused-ring (bicyclic) bond motifs is 1. The van der Waals surface area contributed by atoms with Crippen LogP contribution in [-0.4, -0.2) is 25.3 Å². The number of benzene rings is 2. The molecule has 0 bridgehead atoms. The molecule has 0 unspecified atom stereocenters. The fourth-order valence-electron chi connectivity index (χ4n) is 3.07. The Morgan fingerprint density at radius 2 is 1.85 bits per heavy atom. The van der Waals surface area contributed by atoms with Gasteiger partial charge < -0.3 is 9.30 Å². The van der Waals surface area contributed by atoms with Gasteiger partial charge in [-0.25, -0.2) is 8.42 Å². The number of rotatable bonds is 6. The highest BCUT2D eigenvalue weighted by atomic mass is 32.2. The number of nitrogens with one attached hydrogen (secondary N) is 1. The molecular formula is C20H21N3O3S. The van der Waals surface area contributed by atoms with E-state index in [0.717, 1.165) is 27.9 Å². The van der Waals surface area contributed by atoms with Crippen molar-refractivity contribution >= 4 is 26.6 Å². The van der Waals surface area contributed by atoms with Crippen LogP contribution in [0.15, 0.2) is 42.5 Å². The van der Waals surface area contributed by atoms with Gasteiger partial charge in [-0.1, -0.05) is 12.1 Å². The van der Waals surface area contributed by atoms with Crippen molar-refractivity contribution in [3.8, 4) is 23.1 Å². The van der Waals surface area contributed by atoms with E-state index in [4.69, 9.17) is 4.74 Å². The zero-order valence-corrected chi connectivity index (χ0v) is 16.3. The molecule has 140 valence electrons. The largest absolute Gasteiger partial charge is 0.494 e. The van der Waals surface area contributed by atoms with Crippen molar-refractivity contribution in [2.45, 2.75) is 13.8 Å². The van der Waals surface area contributed by atoms with Gasteiger partial charge in [-0.3, -0.25) is 4.72 Å². The maximum Gasteiger partial charge on any atom is 0.232 e. The van der Waals surface area contributed by atoms with Gasteiger partial charge in [0.2, 0.25) is 10.0 Å². The molecule has 3 aromatic rings. The molecule has 7 heteroatoms. The fraction of sp³-hybridized carbons (Fsp3) is 0.250. The van der Waals surface area contributed by atoms with Gasteiger partial charge in [0, 0.05) is 24.2 Å². The summed E-state index contributed by atoms with van der Waals surface area (Å²) in [6, 6.07) is 15.0. The molecule has 6 nitrogen and oxygen atoms in total. The smallest absolute Gasteiger partial charge is 0.232 e. The van der Waals surface area contributed by atoms with E-state index in [-0.39, 0.29) is 5.75 Å². The molecule has 1 N–H and O–H groups in total. The van der Waals surface area contributed by atoms with E-state index in [9.17, 15) is 13.7 Å². The number of hydrogen-bond donors (Lipinski definition) is 1. The molecule has 0 amide bonds. The highest BCUT2D eigenvalue weighted by molar-refractivity contribution is 7.92. The van der Waals surface area contributed by atoms with E-state index in [2.05, 4.69) is 10.8 Å². The van der Waals surface area contributed by atoms with Gasteiger partial charge in [-0.2, -0.15) is 5.26 Å². The van der Waals surface area contributed by atoms with Crippen molar-refractivity contribution in [2.24, 2.45) is 7.05 Å². The van der Waals surface area contributed by atoms with Crippen LogP contribution in [0.3, 0.4) is 0 Å². The highest BCUT2D eigenvalue weighted by Gasteiger charge is 2.17. The van der Waals surface area contributed by atoms with E-state index in [1.165, 1.54) is 0 Å². The first-order chi connectivity index (χ1) is 12.9. The van der Waals surface area contributed by atoms with Crippen LogP contribution in [0, 0.1) is 11.3 Å². The number of ether oxygens (including phenoxy) is 1. The summed E-state index contributed by atoms with van der Waals surface area (Å²) in [5, 5.41) is 10.6. The molecule has 0 spiro atoms. The summed E-state index contributed by atoms with van der Waals surface area (Å²) in [5.41, 5.74) is 3.60. The second kappa shape index (κ2) is 7.33. The Kier molecular flexibility index (Phi) is 5.10. The first kappa shape index (κ1) is 18.8. The second-order valence-electron chi connectivity index (χ2n) is 6.09. The fourth-order valence-corrected chi connectivity index (χ4v) is 3.71. The van der Waals surface area contributed by atoms with E-state index in [1.807, 2.05) is 48.9 Å². The lowest BCUT2D eigenvalue weighted by Gasteiger charge is -2.09. The first-order valence-electron chi connectivity index (χ1n) is 8.66. The molecule has 1 aromatic heterocycles. The highest BCUT2D eigenvalue weighted by Crippen LogP contribution is 2.34. The molecule has 0 atom stereocenters. The molecule has 0 aliphatic heterocycles. The third-order valence-corrected chi connectivity index (χ3v) is 5.71. The Balaban J connectivity index is 2.08. The summed E-state index contributed by atoms with van der Waals surface area (Å²) in [7, 11) is -1.42. The maximum atomic E-state index is 11.7. The maximum absolute atomic E-state index is 11.7. The molecule has 0 radical (unpaired) electrons. The Morgan fingerprint density at radius 3 is 2.44 bits per heavy atom. The Bertz CT molecular complexity index is 1120. The summed E-state index contributed by atoms with van der Waals surface area (Å²) in [6.45, 7) is 4.08. The van der Waals surface area contributed by atoms with Gasteiger partial charge >= 0.3 is 0 Å². The number of hydrogen-bond acceptors (Lipinski definition) is 4. The molecule has 0 aliphatic rings. The lowest BCUT2D eigenvalue weighted by atomic mass is 10.1. The van der Waals surface area contributed by atoms with Crippen LogP contribution in [0.25, 0.3) is 22.2 Å². The molecule has 0 fully saturated rings. The minimum absolute atomic E-state index is 0.0126. The number of anilines is 1. The molecule has 0 saturated heterocycles. The number of nitrogens with zero attached hydrogens (tertiary/aromatic N) is 2. The molecule has 3 rings (SSSR count). The van der Waals surface area contributed by atoms with Crippen LogP contribution in [0.1, 0.15) is 19.4 Å². The third kappa shape index (κ3) is 3.62. The summed E-state index contributed by atoms with van der Waals surface area (Å²) in [4.78, 5) is 0. The minimum atomic E-state index is -3.32. The molecule has 1 heterocycles. The summed E-state index contributed by atoms with van der Waals surface area (Å²) < 4.78 is 33.5. The van der Waals surface area contributed by atoms with Crippen molar-refractivity contribution in [2.75, 3.05) is 17.1 Å². The molecule has 27 heavy (non-hydrogen) atoms. The molecule has 0 saturated carbocycles. The van der Waals surface area contributed by atoms with Gasteiger partial charge in [0.15, 0.2) is 0 Å². The van der Waals surface area contributed by atoms with Gasteiger partial charge in [-0.15, -0.1) is 0 Å². The van der Waals surface area contributed by atoms with E-state index < -0.39 is 10.0 Å². The lowest BCUT2D eigenvalue weighted by molar-refractivity contribution is 0.340. The van der Waals surface area contributed by atoms with Crippen LogP contribution >= 0.6 is 0 Å². The average molecular weight is 383 g/mol. The average Bonchev–Trinajstić information content (AvgIpc) is 2.94. The number of aryl methyl sites for hydroxylation is 1. The standard InChI is InChI=1S/C20H21N3O3S/c1-4-26-16-10-11-17-18(13-21)20(23(3)19(17)12-16)14-6-8-15(9-7-14)22-27(24,25)5-2/h6-12,22H,4-5H2,1-3H3. The SMILES string of the molecule is CCOc1ccc2c(C#N)c(-c3ccc(NS(=O)(=O)CC)cc3)n(C)c2c1. The van der Waals surface area contributed by atoms with Crippen molar-refractivity contribution in [3.63, 3.8) is 0 Å². The van der Waals surface area contributed by atoms with E-state index in [0.29, 0.717) is 17.9 Å². The quantitative estimate of drug-likeness (QED) is 0.700. The predicted octanol–water partition coefficient (Wildman–Crippen LogP) is 3.88. The lowest BCUT2D eigenvalue weighted by Crippen LogP contribution is -2.14. The minimum Gasteiger partial charge on any atom is -0.494 e. The Labute approximate surface area is 159 Å². The predicted molar refractivity (Wildman–Crippen MR) is 107 cm³/mol. The molecule has 0 aliphatic carbocycles. The van der Waals surface area contributed by atoms with Crippen molar-refractivity contribution in [3.05, 3.63) is 48.0 Å². The monoisotopic (exact) mass is 383 g/mol. The van der Waals surface area contributed by atoms with E-state index >= 15 is 0 Å². The molecular weight excluding hydrogens is 362 g/mol. The summed E-state index contributed by atoms with van der Waals surface area (Å²) >= 11 is 0. The van der Waals surface area contributed by atoms with Crippen LogP contribution in [0.5, 0.6) is 5.75 Å². The van der Waals surface area contributed by atoms with Gasteiger partial charge in [0.1, 0.15) is 11.8 Å². The topological polar surface area (TPSA) is 84.1 Å². The van der Waals surface area contributed by atoms with Crippen LogP contribution in [0.4, 0.5) is 5.69 Å². The summed E-state index contributed by atoms with van der Waals surface area (Å²) in [6.07, 6.45) is 0. The van der Waals surface area contributed by atoms with Crippen LogP contribution < -0.4 is 9.46 Å². The van der Waals surface area contributed by atoms with E-state index in [1.54, 1.807) is 19.1 Å². The van der Waals surface area contributed by atoms with Crippen molar-refractivity contribution < 1.29 is 13.2 Å². The van der Waals surface area contributed by atoms with Crippen molar-refractivity contribution in [1.82, 2.24) is 4.57 Å². The number of nitriles is 1. The third-order valence-electron chi connectivity index (χ3n) is 4.41. The zero-order valence-electron chi connectivity index (χ0n) is 15.5. The van der Waals surface area contributed by atoms with Crippen LogP contribution in [-0.2, 0) is 17.1 Å². The zero-order chi connectivity index (χ0) is 19.6. The van der Waals surface area contributed by atoms with Crippen LogP contribution in [0.2, 0.25) is 0 Å². The number of sulfonamides is 1. The van der Waals surface area contributed by atoms with Gasteiger partial charge in [0.05, 0.1) is 29.1 Å². The Hall–Kier alpha value is -2.98. The molecule has 2 aromatic carbocycles. The Morgan fingerprint density at radius 1 is 1.15 bits per heavy atom. The second-order valence-corrected chi connectivity index (χ2v) is 8.10.